The smallest absolute Gasteiger partial charge is 0.113 e. The van der Waals surface area contributed by atoms with Crippen LogP contribution in [0.15, 0.2) is 11.6 Å². The Kier molecular flexibility index (Phi) is 3.95. The second kappa shape index (κ2) is 5.65. The Bertz CT molecular complexity index is 715. The molecule has 0 bridgehead atoms. The minimum Gasteiger partial charge on any atom is -0.392 e. The molecule has 0 spiro atoms. The van der Waals surface area contributed by atoms with E-state index in [4.69, 9.17) is 4.74 Å². The van der Waals surface area contributed by atoms with Gasteiger partial charge in [0.15, 0.2) is 0 Å². The van der Waals surface area contributed by atoms with Gasteiger partial charge < -0.3 is 14.9 Å². The highest BCUT2D eigenvalue weighted by Gasteiger charge is 2.71. The molecular formula is C25H40O3. The highest BCUT2D eigenvalue weighted by molar-refractivity contribution is 5.32. The van der Waals surface area contributed by atoms with Crippen LogP contribution in [0.3, 0.4) is 0 Å². The van der Waals surface area contributed by atoms with E-state index in [1.165, 1.54) is 12.8 Å². The van der Waals surface area contributed by atoms with E-state index in [2.05, 4.69) is 47.6 Å². The third kappa shape index (κ3) is 2.17. The third-order valence-corrected chi connectivity index (χ3v) is 10.7. The fourth-order valence-corrected chi connectivity index (χ4v) is 8.82. The molecule has 3 nitrogen and oxygen atoms in total. The van der Waals surface area contributed by atoms with Gasteiger partial charge in [-0.2, -0.15) is 0 Å². The van der Waals surface area contributed by atoms with Crippen molar-refractivity contribution in [2.75, 3.05) is 0 Å². The maximum absolute atomic E-state index is 11.5. The quantitative estimate of drug-likeness (QED) is 0.505. The SMILES string of the molecule is CC(C)[C@@H]1CC[C@]2(C)C1=CC[C@]1(C)[C@H]3CC[C@]4(C)O[C@@H]4[C@@H](O)[C@]3(C)[C@@H](O)C[C@H]12. The second-order valence-corrected chi connectivity index (χ2v) is 12.2. The summed E-state index contributed by atoms with van der Waals surface area (Å²) in [6.45, 7) is 14.0. The molecule has 1 saturated heterocycles. The highest BCUT2D eigenvalue weighted by atomic mass is 16.6. The zero-order valence-electron chi connectivity index (χ0n) is 18.7. The van der Waals surface area contributed by atoms with E-state index in [9.17, 15) is 10.2 Å². The average Bonchev–Trinajstić information content (AvgIpc) is 3.17. The molecule has 1 aliphatic heterocycles. The van der Waals surface area contributed by atoms with Crippen LogP contribution in [-0.2, 0) is 4.74 Å². The fraction of sp³-hybridized carbons (Fsp3) is 0.920. The average molecular weight is 389 g/mol. The van der Waals surface area contributed by atoms with Crippen molar-refractivity contribution in [2.45, 2.75) is 104 Å². The lowest BCUT2D eigenvalue weighted by Gasteiger charge is -2.64. The second-order valence-electron chi connectivity index (χ2n) is 12.2. The number of hydrogen-bond donors (Lipinski definition) is 2. The van der Waals surface area contributed by atoms with Gasteiger partial charge in [-0.3, -0.25) is 0 Å². The first-order chi connectivity index (χ1) is 13.0. The lowest BCUT2D eigenvalue weighted by Crippen LogP contribution is -2.63. The molecule has 3 heteroatoms. The topological polar surface area (TPSA) is 53.0 Å². The van der Waals surface area contributed by atoms with E-state index in [1.807, 2.05) is 0 Å². The number of allylic oxidation sites excluding steroid dienone is 2. The molecule has 0 radical (unpaired) electrons. The molecule has 158 valence electrons. The molecule has 0 aromatic rings. The van der Waals surface area contributed by atoms with E-state index < -0.39 is 17.6 Å². The summed E-state index contributed by atoms with van der Waals surface area (Å²) in [5.74, 6) is 2.25. The Morgan fingerprint density at radius 3 is 2.43 bits per heavy atom. The van der Waals surface area contributed by atoms with E-state index in [0.29, 0.717) is 23.7 Å². The molecule has 0 unspecified atom stereocenters. The fourth-order valence-electron chi connectivity index (χ4n) is 8.82. The summed E-state index contributed by atoms with van der Waals surface area (Å²) < 4.78 is 5.95. The maximum atomic E-state index is 11.5. The molecule has 3 saturated carbocycles. The van der Waals surface area contributed by atoms with Crippen molar-refractivity contribution in [1.82, 2.24) is 0 Å². The van der Waals surface area contributed by atoms with Crippen LogP contribution in [0, 0.1) is 39.9 Å². The van der Waals surface area contributed by atoms with Gasteiger partial charge in [0.25, 0.3) is 0 Å². The maximum Gasteiger partial charge on any atom is 0.113 e. The van der Waals surface area contributed by atoms with Gasteiger partial charge >= 0.3 is 0 Å². The molecule has 1 heterocycles. The van der Waals surface area contributed by atoms with Crippen LogP contribution < -0.4 is 0 Å². The molecule has 28 heavy (non-hydrogen) atoms. The van der Waals surface area contributed by atoms with Gasteiger partial charge in [0.1, 0.15) is 6.10 Å². The molecule has 0 aromatic heterocycles. The Labute approximate surface area is 170 Å². The zero-order chi connectivity index (χ0) is 20.3. The first-order valence-electron chi connectivity index (χ1n) is 11.7. The first-order valence-corrected chi connectivity index (χ1v) is 11.7. The summed E-state index contributed by atoms with van der Waals surface area (Å²) in [6.07, 6.45) is 8.02. The van der Waals surface area contributed by atoms with Gasteiger partial charge in [0.2, 0.25) is 0 Å². The van der Waals surface area contributed by atoms with Crippen molar-refractivity contribution in [3.63, 3.8) is 0 Å². The largest absolute Gasteiger partial charge is 0.392 e. The molecule has 4 fully saturated rings. The zero-order valence-corrected chi connectivity index (χ0v) is 18.7. The molecule has 5 aliphatic rings. The van der Waals surface area contributed by atoms with E-state index in [-0.39, 0.29) is 22.5 Å². The molecule has 5 rings (SSSR count). The molecular weight excluding hydrogens is 348 g/mol. The number of epoxide rings is 1. The van der Waals surface area contributed by atoms with Crippen molar-refractivity contribution in [1.29, 1.82) is 0 Å². The van der Waals surface area contributed by atoms with Crippen LogP contribution in [-0.4, -0.2) is 34.1 Å². The molecule has 2 N–H and O–H groups in total. The van der Waals surface area contributed by atoms with Gasteiger partial charge in [-0.15, -0.1) is 0 Å². The van der Waals surface area contributed by atoms with Crippen molar-refractivity contribution in [3.05, 3.63) is 11.6 Å². The van der Waals surface area contributed by atoms with Crippen LogP contribution in [0.25, 0.3) is 0 Å². The van der Waals surface area contributed by atoms with Gasteiger partial charge in [-0.25, -0.2) is 0 Å². The van der Waals surface area contributed by atoms with Crippen molar-refractivity contribution in [2.24, 2.45) is 39.9 Å². The number of rotatable bonds is 1. The van der Waals surface area contributed by atoms with Crippen molar-refractivity contribution >= 4 is 0 Å². The Morgan fingerprint density at radius 2 is 1.75 bits per heavy atom. The number of fused-ring (bicyclic) bond motifs is 6. The van der Waals surface area contributed by atoms with E-state index >= 15 is 0 Å². The van der Waals surface area contributed by atoms with Gasteiger partial charge in [0.05, 0.1) is 17.8 Å². The summed E-state index contributed by atoms with van der Waals surface area (Å²) >= 11 is 0. The minimum atomic E-state index is -0.567. The predicted octanol–water partition coefficient (Wildman–Crippen LogP) is 4.71. The van der Waals surface area contributed by atoms with Crippen molar-refractivity contribution in [3.8, 4) is 0 Å². The minimum absolute atomic E-state index is 0.0978. The molecule has 10 atom stereocenters. The summed E-state index contributed by atoms with van der Waals surface area (Å²) in [4.78, 5) is 0. The van der Waals surface area contributed by atoms with Gasteiger partial charge in [-0.1, -0.05) is 46.3 Å². The molecule has 4 aliphatic carbocycles. The number of ether oxygens (including phenoxy) is 1. The van der Waals surface area contributed by atoms with Crippen LogP contribution in [0.1, 0.15) is 80.1 Å². The van der Waals surface area contributed by atoms with E-state index in [1.54, 1.807) is 5.57 Å². The number of aliphatic hydroxyl groups excluding tert-OH is 2. The first kappa shape index (κ1) is 19.6. The van der Waals surface area contributed by atoms with Crippen LogP contribution >= 0.6 is 0 Å². The van der Waals surface area contributed by atoms with E-state index in [0.717, 1.165) is 25.7 Å². The third-order valence-electron chi connectivity index (χ3n) is 10.7. The Balaban J connectivity index is 1.59. The number of hydrogen-bond acceptors (Lipinski definition) is 3. The molecule has 0 amide bonds. The Hall–Kier alpha value is -0.380. The monoisotopic (exact) mass is 388 g/mol. The molecule has 0 aromatic carbocycles. The van der Waals surface area contributed by atoms with Crippen LogP contribution in [0.2, 0.25) is 0 Å². The van der Waals surface area contributed by atoms with Gasteiger partial charge in [0, 0.05) is 5.41 Å². The lowest BCUT2D eigenvalue weighted by molar-refractivity contribution is -0.206. The Morgan fingerprint density at radius 1 is 1.04 bits per heavy atom. The predicted molar refractivity (Wildman–Crippen MR) is 111 cm³/mol. The summed E-state index contributed by atoms with van der Waals surface area (Å²) in [7, 11) is 0. The highest BCUT2D eigenvalue weighted by Crippen LogP contribution is 2.71. The summed E-state index contributed by atoms with van der Waals surface area (Å²) in [5, 5.41) is 22.9. The normalized spacial score (nSPS) is 60.2. The van der Waals surface area contributed by atoms with Crippen molar-refractivity contribution < 1.29 is 14.9 Å². The lowest BCUT2D eigenvalue weighted by atomic mass is 9.41. The van der Waals surface area contributed by atoms with Crippen LogP contribution in [0.5, 0.6) is 0 Å². The standard InChI is InChI=1S/C25H40O3/c1-14(2)15-7-10-22(3)16(15)8-11-23(4)17-9-12-24(5)21(28-24)20(27)25(17,6)19(26)13-18(22)23/h8,14-15,17-21,26-27H,7,9-13H2,1-6H3/t15-,17+,18-,19-,20+,21+,22+,23+,24-,25-/m0/s1. The summed E-state index contributed by atoms with van der Waals surface area (Å²) in [6, 6.07) is 0. The number of aliphatic hydroxyl groups is 2. The summed E-state index contributed by atoms with van der Waals surface area (Å²) in [5.41, 5.74) is 1.40. The van der Waals surface area contributed by atoms with Crippen LogP contribution in [0.4, 0.5) is 0 Å². The van der Waals surface area contributed by atoms with Gasteiger partial charge in [-0.05, 0) is 80.0 Å².